The van der Waals surface area contributed by atoms with Crippen LogP contribution in [0.3, 0.4) is 0 Å². The summed E-state index contributed by atoms with van der Waals surface area (Å²) in [5.41, 5.74) is 1.73. The molecule has 1 amide bonds. The molecule has 29 heavy (non-hydrogen) atoms. The van der Waals surface area contributed by atoms with Gasteiger partial charge in [0.25, 0.3) is 5.91 Å². The third kappa shape index (κ3) is 4.92. The van der Waals surface area contributed by atoms with Gasteiger partial charge in [0.05, 0.1) is 27.0 Å². The average Bonchev–Trinajstić information content (AvgIpc) is 2.77. The minimum atomic E-state index is -0.320. The lowest BCUT2D eigenvalue weighted by Gasteiger charge is -2.12. The molecule has 0 unspecified atom stereocenters. The summed E-state index contributed by atoms with van der Waals surface area (Å²) in [7, 11) is 4.74. The molecule has 2 aromatic carbocycles. The Morgan fingerprint density at radius 3 is 2.52 bits per heavy atom. The van der Waals surface area contributed by atoms with Crippen molar-refractivity contribution in [2.24, 2.45) is 0 Å². The van der Waals surface area contributed by atoms with Gasteiger partial charge in [0, 0.05) is 24.4 Å². The number of para-hydroxylation sites is 1. The van der Waals surface area contributed by atoms with Gasteiger partial charge in [-0.3, -0.25) is 4.79 Å². The first-order valence-corrected chi connectivity index (χ1v) is 8.86. The smallest absolute Gasteiger partial charge is 0.270 e. The second-order valence-electron chi connectivity index (χ2n) is 5.95. The van der Waals surface area contributed by atoms with E-state index in [1.165, 1.54) is 6.20 Å². The van der Waals surface area contributed by atoms with Crippen LogP contribution in [0.4, 0.5) is 11.6 Å². The van der Waals surface area contributed by atoms with Crippen molar-refractivity contribution >= 4 is 17.5 Å². The highest BCUT2D eigenvalue weighted by molar-refractivity contribution is 5.92. The number of carbonyl (C=O) groups excluding carboxylic acids is 1. The number of anilines is 2. The lowest BCUT2D eigenvalue weighted by atomic mass is 10.2. The van der Waals surface area contributed by atoms with Crippen molar-refractivity contribution in [1.29, 1.82) is 0 Å². The van der Waals surface area contributed by atoms with Crippen LogP contribution in [0.25, 0.3) is 0 Å². The van der Waals surface area contributed by atoms with E-state index in [0.29, 0.717) is 29.5 Å². The largest absolute Gasteiger partial charge is 0.497 e. The Bertz CT molecular complexity index is 994. The molecule has 0 spiro atoms. The predicted octanol–water partition coefficient (Wildman–Crippen LogP) is 3.18. The molecule has 0 saturated heterocycles. The van der Waals surface area contributed by atoms with Crippen LogP contribution in [0.2, 0.25) is 0 Å². The summed E-state index contributed by atoms with van der Waals surface area (Å²) in [5, 5.41) is 5.90. The second kappa shape index (κ2) is 9.41. The van der Waals surface area contributed by atoms with E-state index < -0.39 is 0 Å². The zero-order valence-corrected chi connectivity index (χ0v) is 16.4. The van der Waals surface area contributed by atoms with Crippen LogP contribution in [0.5, 0.6) is 17.2 Å². The molecule has 0 aliphatic heterocycles. The monoisotopic (exact) mass is 394 g/mol. The maximum atomic E-state index is 12.5. The van der Waals surface area contributed by atoms with E-state index in [1.807, 2.05) is 24.3 Å². The van der Waals surface area contributed by atoms with Gasteiger partial charge in [-0.15, -0.1) is 0 Å². The molecule has 0 fully saturated rings. The molecule has 8 nitrogen and oxygen atoms in total. The van der Waals surface area contributed by atoms with Gasteiger partial charge >= 0.3 is 0 Å². The molecule has 0 radical (unpaired) electrons. The van der Waals surface area contributed by atoms with Crippen molar-refractivity contribution in [3.63, 3.8) is 0 Å². The SMILES string of the molecule is COc1ccc(OC)c(Nc2nccc(C(=O)NCc3ccccc3OC)n2)c1. The first kappa shape index (κ1) is 19.9. The van der Waals surface area contributed by atoms with Crippen molar-refractivity contribution in [2.45, 2.75) is 6.54 Å². The Balaban J connectivity index is 1.73. The summed E-state index contributed by atoms with van der Waals surface area (Å²) in [6.45, 7) is 0.319. The van der Waals surface area contributed by atoms with E-state index >= 15 is 0 Å². The number of benzene rings is 2. The molecule has 8 heteroatoms. The minimum Gasteiger partial charge on any atom is -0.497 e. The molecule has 0 bridgehead atoms. The first-order valence-electron chi connectivity index (χ1n) is 8.86. The number of nitrogens with zero attached hydrogens (tertiary/aromatic N) is 2. The number of aromatic nitrogens is 2. The number of carbonyl (C=O) groups is 1. The minimum absolute atomic E-state index is 0.235. The highest BCUT2D eigenvalue weighted by atomic mass is 16.5. The molecule has 3 aromatic rings. The molecule has 1 aromatic heterocycles. The maximum absolute atomic E-state index is 12.5. The van der Waals surface area contributed by atoms with Crippen LogP contribution >= 0.6 is 0 Å². The average molecular weight is 394 g/mol. The number of amides is 1. The van der Waals surface area contributed by atoms with Crippen molar-refractivity contribution in [3.05, 3.63) is 66.0 Å². The highest BCUT2D eigenvalue weighted by Gasteiger charge is 2.12. The second-order valence-corrected chi connectivity index (χ2v) is 5.95. The molecule has 0 saturated carbocycles. The zero-order valence-electron chi connectivity index (χ0n) is 16.4. The number of hydrogen-bond donors (Lipinski definition) is 2. The van der Waals surface area contributed by atoms with Crippen LogP contribution in [0, 0.1) is 0 Å². The van der Waals surface area contributed by atoms with Gasteiger partial charge in [-0.1, -0.05) is 18.2 Å². The van der Waals surface area contributed by atoms with Crippen molar-refractivity contribution in [1.82, 2.24) is 15.3 Å². The fourth-order valence-electron chi connectivity index (χ4n) is 2.69. The van der Waals surface area contributed by atoms with E-state index in [1.54, 1.807) is 45.6 Å². The molecular formula is C21H22N4O4. The molecule has 2 N–H and O–H groups in total. The van der Waals surface area contributed by atoms with Crippen molar-refractivity contribution < 1.29 is 19.0 Å². The van der Waals surface area contributed by atoms with Crippen LogP contribution in [0.1, 0.15) is 16.1 Å². The Labute approximate surface area is 168 Å². The van der Waals surface area contributed by atoms with Crippen LogP contribution in [-0.2, 0) is 6.54 Å². The fourth-order valence-corrected chi connectivity index (χ4v) is 2.69. The lowest BCUT2D eigenvalue weighted by Crippen LogP contribution is -2.24. The molecular weight excluding hydrogens is 372 g/mol. The van der Waals surface area contributed by atoms with Crippen LogP contribution < -0.4 is 24.8 Å². The summed E-state index contributed by atoms with van der Waals surface area (Å²) in [6.07, 6.45) is 1.51. The number of nitrogens with one attached hydrogen (secondary N) is 2. The van der Waals surface area contributed by atoms with E-state index in [4.69, 9.17) is 14.2 Å². The standard InChI is InChI=1S/C21H22N4O4/c1-27-15-8-9-19(29-3)17(12-15)25-21-22-11-10-16(24-21)20(26)23-13-14-6-4-5-7-18(14)28-2/h4-12H,13H2,1-3H3,(H,23,26)(H,22,24,25). The third-order valence-corrected chi connectivity index (χ3v) is 4.17. The van der Waals surface area contributed by atoms with Gasteiger partial charge in [0.1, 0.15) is 22.9 Å². The normalized spacial score (nSPS) is 10.2. The van der Waals surface area contributed by atoms with Gasteiger partial charge in [0.15, 0.2) is 0 Å². The van der Waals surface area contributed by atoms with E-state index in [2.05, 4.69) is 20.6 Å². The summed E-state index contributed by atoms with van der Waals surface area (Å²) in [5.74, 6) is 1.91. The molecule has 0 atom stereocenters. The third-order valence-electron chi connectivity index (χ3n) is 4.17. The molecule has 0 aliphatic rings. The molecule has 1 heterocycles. The fraction of sp³-hybridized carbons (Fsp3) is 0.190. The summed E-state index contributed by atoms with van der Waals surface area (Å²) in [6, 6.07) is 14.4. The van der Waals surface area contributed by atoms with Gasteiger partial charge in [-0.25, -0.2) is 9.97 Å². The Kier molecular flexibility index (Phi) is 6.47. The van der Waals surface area contributed by atoms with Gasteiger partial charge < -0.3 is 24.8 Å². The Morgan fingerprint density at radius 1 is 0.966 bits per heavy atom. The zero-order chi connectivity index (χ0) is 20.6. The van der Waals surface area contributed by atoms with Gasteiger partial charge in [-0.05, 0) is 24.3 Å². The van der Waals surface area contributed by atoms with Crippen molar-refractivity contribution in [3.8, 4) is 17.2 Å². The van der Waals surface area contributed by atoms with Crippen LogP contribution in [0.15, 0.2) is 54.7 Å². The van der Waals surface area contributed by atoms with Crippen molar-refractivity contribution in [2.75, 3.05) is 26.6 Å². The quantitative estimate of drug-likeness (QED) is 0.606. The molecule has 3 rings (SSSR count). The molecule has 0 aliphatic carbocycles. The summed E-state index contributed by atoms with van der Waals surface area (Å²) in [4.78, 5) is 21.0. The summed E-state index contributed by atoms with van der Waals surface area (Å²) >= 11 is 0. The first-order chi connectivity index (χ1) is 14.1. The molecule has 150 valence electrons. The van der Waals surface area contributed by atoms with E-state index in [0.717, 1.165) is 5.56 Å². The summed E-state index contributed by atoms with van der Waals surface area (Å²) < 4.78 is 15.9. The Morgan fingerprint density at radius 2 is 1.76 bits per heavy atom. The highest BCUT2D eigenvalue weighted by Crippen LogP contribution is 2.30. The maximum Gasteiger partial charge on any atom is 0.270 e. The number of rotatable bonds is 8. The number of ether oxygens (including phenoxy) is 3. The number of methoxy groups -OCH3 is 3. The van der Waals surface area contributed by atoms with Gasteiger partial charge in [0.2, 0.25) is 5.95 Å². The van der Waals surface area contributed by atoms with Gasteiger partial charge in [-0.2, -0.15) is 0 Å². The van der Waals surface area contributed by atoms with E-state index in [9.17, 15) is 4.79 Å². The Hall–Kier alpha value is -3.81. The van der Waals surface area contributed by atoms with Crippen LogP contribution in [-0.4, -0.2) is 37.2 Å². The topological polar surface area (TPSA) is 94.6 Å². The predicted molar refractivity (Wildman–Crippen MR) is 109 cm³/mol. The lowest BCUT2D eigenvalue weighted by molar-refractivity contribution is 0.0945. The number of hydrogen-bond acceptors (Lipinski definition) is 7. The van der Waals surface area contributed by atoms with E-state index in [-0.39, 0.29) is 17.5 Å².